The van der Waals surface area contributed by atoms with Crippen LogP contribution in [0.4, 0.5) is 0 Å². The number of hydrogen-bond donors (Lipinski definition) is 3. The van der Waals surface area contributed by atoms with Gasteiger partial charge in [-0.3, -0.25) is 4.79 Å². The van der Waals surface area contributed by atoms with Gasteiger partial charge in [0.1, 0.15) is 0 Å². The Bertz CT molecular complexity index is 602. The number of carbonyl (C=O) groups is 1. The molecule has 5 N–H and O–H groups in total. The minimum absolute atomic E-state index is 0.0281. The van der Waals surface area contributed by atoms with Crippen LogP contribution in [0.25, 0.3) is 0 Å². The first-order valence-corrected chi connectivity index (χ1v) is 9.97. The molecule has 1 amide bonds. The fourth-order valence-corrected chi connectivity index (χ4v) is 3.26. The Balaban J connectivity index is 1.84. The summed E-state index contributed by atoms with van der Waals surface area (Å²) in [6, 6.07) is 20.9. The average Bonchev–Trinajstić information content (AvgIpc) is 2.69. The summed E-state index contributed by atoms with van der Waals surface area (Å²) in [6.07, 6.45) is 5.21. The highest BCUT2D eigenvalue weighted by Gasteiger charge is 2.13. The van der Waals surface area contributed by atoms with E-state index < -0.39 is 0 Å². The molecular formula is C23H33N3O. The molecule has 0 radical (unpaired) electrons. The smallest absolute Gasteiger partial charge is 0.221 e. The zero-order chi connectivity index (χ0) is 19.3. The molecule has 0 saturated heterocycles. The number of carbonyl (C=O) groups excluding carboxylic acids is 1. The number of nitrogens with two attached hydrogens (primary N) is 2. The van der Waals surface area contributed by atoms with E-state index in [9.17, 15) is 4.79 Å². The van der Waals surface area contributed by atoms with E-state index in [1.165, 1.54) is 11.1 Å². The largest absolute Gasteiger partial charge is 0.356 e. The fraction of sp³-hybridized carbons (Fsp3) is 0.435. The second-order valence-electron chi connectivity index (χ2n) is 7.26. The van der Waals surface area contributed by atoms with Crippen LogP contribution in [0.5, 0.6) is 0 Å². The van der Waals surface area contributed by atoms with Gasteiger partial charge in [-0.25, -0.2) is 0 Å². The van der Waals surface area contributed by atoms with Crippen LogP contribution >= 0.6 is 0 Å². The fourth-order valence-electron chi connectivity index (χ4n) is 3.26. The molecule has 0 aliphatic rings. The first kappa shape index (κ1) is 21.1. The number of hydrogen-bond acceptors (Lipinski definition) is 3. The standard InChI is InChI=1S/C23H33N3O/c24-16-15-22(25)17-23(27)26-18-21(13-11-19-7-3-1-4-8-19)14-12-20-9-5-2-6-10-20/h1-10,21-22H,11-18,24-25H2,(H,26,27)/t22-/m0/s1. The number of amides is 1. The van der Waals surface area contributed by atoms with Crippen molar-refractivity contribution in [1.29, 1.82) is 0 Å². The van der Waals surface area contributed by atoms with Crippen molar-refractivity contribution in [2.45, 2.75) is 44.6 Å². The van der Waals surface area contributed by atoms with E-state index in [4.69, 9.17) is 11.5 Å². The zero-order valence-corrected chi connectivity index (χ0v) is 16.1. The first-order chi connectivity index (χ1) is 13.2. The van der Waals surface area contributed by atoms with E-state index in [0.717, 1.165) is 25.7 Å². The molecule has 1 atom stereocenters. The molecule has 2 rings (SSSR count). The first-order valence-electron chi connectivity index (χ1n) is 9.97. The van der Waals surface area contributed by atoms with Crippen molar-refractivity contribution in [3.05, 3.63) is 71.8 Å². The van der Waals surface area contributed by atoms with Crippen LogP contribution in [0.2, 0.25) is 0 Å². The second kappa shape index (κ2) is 12.3. The van der Waals surface area contributed by atoms with Gasteiger partial charge in [-0.2, -0.15) is 0 Å². The van der Waals surface area contributed by atoms with Crippen molar-refractivity contribution in [2.75, 3.05) is 13.1 Å². The molecule has 4 heteroatoms. The topological polar surface area (TPSA) is 81.1 Å². The predicted octanol–water partition coefficient (Wildman–Crippen LogP) is 3.05. The van der Waals surface area contributed by atoms with E-state index in [0.29, 0.717) is 31.8 Å². The van der Waals surface area contributed by atoms with Crippen LogP contribution in [0.1, 0.15) is 36.8 Å². The van der Waals surface area contributed by atoms with Crippen molar-refractivity contribution >= 4 is 5.91 Å². The van der Waals surface area contributed by atoms with Crippen LogP contribution in [-0.4, -0.2) is 25.0 Å². The number of aryl methyl sites for hydroxylation is 2. The Kier molecular flexibility index (Phi) is 9.60. The van der Waals surface area contributed by atoms with Crippen molar-refractivity contribution in [3.63, 3.8) is 0 Å². The Morgan fingerprint density at radius 1 is 0.852 bits per heavy atom. The molecule has 2 aromatic carbocycles. The SMILES string of the molecule is NCC[C@H](N)CC(=O)NCC(CCc1ccccc1)CCc1ccccc1. The highest BCUT2D eigenvalue weighted by atomic mass is 16.1. The lowest BCUT2D eigenvalue weighted by molar-refractivity contribution is -0.121. The van der Waals surface area contributed by atoms with Crippen LogP contribution in [0, 0.1) is 5.92 Å². The van der Waals surface area contributed by atoms with E-state index in [1.54, 1.807) is 0 Å². The Labute approximate surface area is 163 Å². The lowest BCUT2D eigenvalue weighted by Gasteiger charge is -2.19. The van der Waals surface area contributed by atoms with Crippen LogP contribution in [0.3, 0.4) is 0 Å². The molecule has 0 aliphatic heterocycles. The minimum atomic E-state index is -0.151. The van der Waals surface area contributed by atoms with E-state index in [-0.39, 0.29) is 11.9 Å². The summed E-state index contributed by atoms with van der Waals surface area (Å²) in [7, 11) is 0. The molecule has 4 nitrogen and oxygen atoms in total. The second-order valence-corrected chi connectivity index (χ2v) is 7.26. The molecule has 0 spiro atoms. The van der Waals surface area contributed by atoms with Gasteiger partial charge in [-0.15, -0.1) is 0 Å². The molecule has 27 heavy (non-hydrogen) atoms. The van der Waals surface area contributed by atoms with Gasteiger partial charge in [0.15, 0.2) is 0 Å². The molecule has 0 saturated carbocycles. The van der Waals surface area contributed by atoms with Gasteiger partial charge in [-0.05, 0) is 55.7 Å². The summed E-state index contributed by atoms with van der Waals surface area (Å²) >= 11 is 0. The van der Waals surface area contributed by atoms with Crippen molar-refractivity contribution in [1.82, 2.24) is 5.32 Å². The number of benzene rings is 2. The summed E-state index contributed by atoms with van der Waals surface area (Å²) in [5, 5.41) is 3.08. The maximum atomic E-state index is 12.1. The summed E-state index contributed by atoms with van der Waals surface area (Å²) in [5.74, 6) is 0.473. The number of nitrogens with one attached hydrogen (secondary N) is 1. The molecule has 0 bridgehead atoms. The summed E-state index contributed by atoms with van der Waals surface area (Å²) in [6.45, 7) is 1.22. The quantitative estimate of drug-likeness (QED) is 0.539. The van der Waals surface area contributed by atoms with Crippen molar-refractivity contribution in [3.8, 4) is 0 Å². The van der Waals surface area contributed by atoms with Crippen LogP contribution in [0.15, 0.2) is 60.7 Å². The highest BCUT2D eigenvalue weighted by Crippen LogP contribution is 2.16. The molecule has 2 aromatic rings. The maximum Gasteiger partial charge on any atom is 0.221 e. The monoisotopic (exact) mass is 367 g/mol. The van der Waals surface area contributed by atoms with Gasteiger partial charge in [0.25, 0.3) is 0 Å². The van der Waals surface area contributed by atoms with E-state index in [2.05, 4.69) is 53.8 Å². The third-order valence-corrected chi connectivity index (χ3v) is 4.94. The normalized spacial score (nSPS) is 12.1. The molecular weight excluding hydrogens is 334 g/mol. The minimum Gasteiger partial charge on any atom is -0.356 e. The molecule has 0 aromatic heterocycles. The Morgan fingerprint density at radius 2 is 1.37 bits per heavy atom. The van der Waals surface area contributed by atoms with Crippen molar-refractivity contribution in [2.24, 2.45) is 17.4 Å². The summed E-state index contributed by atoms with van der Waals surface area (Å²) < 4.78 is 0. The molecule has 146 valence electrons. The third-order valence-electron chi connectivity index (χ3n) is 4.94. The van der Waals surface area contributed by atoms with Crippen LogP contribution < -0.4 is 16.8 Å². The van der Waals surface area contributed by atoms with Gasteiger partial charge in [0.2, 0.25) is 5.91 Å². The highest BCUT2D eigenvalue weighted by molar-refractivity contribution is 5.76. The predicted molar refractivity (Wildman–Crippen MR) is 112 cm³/mol. The van der Waals surface area contributed by atoms with Gasteiger partial charge in [-0.1, -0.05) is 60.7 Å². The molecule has 0 unspecified atom stereocenters. The van der Waals surface area contributed by atoms with Gasteiger partial charge < -0.3 is 16.8 Å². The van der Waals surface area contributed by atoms with Crippen LogP contribution in [-0.2, 0) is 17.6 Å². The molecule has 0 fully saturated rings. The Hall–Kier alpha value is -2.17. The average molecular weight is 368 g/mol. The third kappa shape index (κ3) is 8.85. The summed E-state index contributed by atoms with van der Waals surface area (Å²) in [5.41, 5.74) is 14.1. The zero-order valence-electron chi connectivity index (χ0n) is 16.1. The number of rotatable bonds is 12. The van der Waals surface area contributed by atoms with Gasteiger partial charge >= 0.3 is 0 Å². The molecule has 0 aliphatic carbocycles. The van der Waals surface area contributed by atoms with Gasteiger partial charge in [0, 0.05) is 19.0 Å². The molecule has 0 heterocycles. The lowest BCUT2D eigenvalue weighted by atomic mass is 9.93. The van der Waals surface area contributed by atoms with Crippen molar-refractivity contribution < 1.29 is 4.79 Å². The van der Waals surface area contributed by atoms with E-state index in [1.807, 2.05) is 12.1 Å². The Morgan fingerprint density at radius 3 is 1.85 bits per heavy atom. The van der Waals surface area contributed by atoms with Gasteiger partial charge in [0.05, 0.1) is 0 Å². The summed E-state index contributed by atoms with van der Waals surface area (Å²) in [4.78, 5) is 12.1. The van der Waals surface area contributed by atoms with E-state index >= 15 is 0 Å². The maximum absolute atomic E-state index is 12.1. The lowest BCUT2D eigenvalue weighted by Crippen LogP contribution is -2.35.